The van der Waals surface area contributed by atoms with Crippen molar-refractivity contribution in [2.24, 2.45) is 0 Å². The normalized spacial score (nSPS) is 10.7. The fraction of sp³-hybridized carbons (Fsp3) is 0.333. The first-order valence-electron chi connectivity index (χ1n) is 5.78. The van der Waals surface area contributed by atoms with Gasteiger partial charge in [-0.15, -0.1) is 0 Å². The number of rotatable bonds is 3. The maximum atomic E-state index is 11.2. The van der Waals surface area contributed by atoms with Crippen molar-refractivity contribution in [3.63, 3.8) is 0 Å². The lowest BCUT2D eigenvalue weighted by molar-refractivity contribution is -0.385. The van der Waals surface area contributed by atoms with Crippen LogP contribution < -0.4 is 0 Å². The summed E-state index contributed by atoms with van der Waals surface area (Å²) in [5.41, 5.74) is 0.609. The van der Waals surface area contributed by atoms with Crippen LogP contribution in [0.15, 0.2) is 18.3 Å². The van der Waals surface area contributed by atoms with Gasteiger partial charge in [-0.3, -0.25) is 14.7 Å². The van der Waals surface area contributed by atoms with Gasteiger partial charge >= 0.3 is 5.69 Å². The fourth-order valence-corrected chi connectivity index (χ4v) is 1.98. The minimum atomic E-state index is -0.461. The van der Waals surface area contributed by atoms with E-state index in [9.17, 15) is 10.1 Å². The zero-order valence-corrected chi connectivity index (χ0v) is 10.9. The summed E-state index contributed by atoms with van der Waals surface area (Å²) in [5.74, 6) is 0.319. The van der Waals surface area contributed by atoms with Gasteiger partial charge in [-0.2, -0.15) is 10.4 Å². The Morgan fingerprint density at radius 3 is 2.74 bits per heavy atom. The van der Waals surface area contributed by atoms with E-state index in [2.05, 4.69) is 5.10 Å². The van der Waals surface area contributed by atoms with E-state index in [4.69, 9.17) is 5.26 Å². The molecule has 0 aromatic carbocycles. The summed E-state index contributed by atoms with van der Waals surface area (Å²) in [6, 6.07) is 5.25. The van der Waals surface area contributed by atoms with Gasteiger partial charge in [0, 0.05) is 12.2 Å². The van der Waals surface area contributed by atoms with Crippen LogP contribution in [0.3, 0.4) is 0 Å². The van der Waals surface area contributed by atoms with E-state index in [0.29, 0.717) is 17.2 Å². The number of aromatic nitrogens is 3. The van der Waals surface area contributed by atoms with Gasteiger partial charge in [-0.05, 0) is 32.9 Å². The number of nitro groups is 1. The van der Waals surface area contributed by atoms with Crippen molar-refractivity contribution < 1.29 is 4.92 Å². The molecule has 0 radical (unpaired) electrons. The predicted octanol–water partition coefficient (Wildman–Crippen LogP) is 2.34. The molecule has 0 N–H and O–H groups in total. The first kappa shape index (κ1) is 12.8. The van der Waals surface area contributed by atoms with E-state index in [1.165, 1.54) is 4.57 Å². The van der Waals surface area contributed by atoms with Gasteiger partial charge in [0.1, 0.15) is 17.5 Å². The highest BCUT2D eigenvalue weighted by Gasteiger charge is 2.28. The quantitative estimate of drug-likeness (QED) is 0.625. The largest absolute Gasteiger partial charge is 0.334 e. The minimum absolute atomic E-state index is 0.0451. The summed E-state index contributed by atoms with van der Waals surface area (Å²) < 4.78 is 3.06. The van der Waals surface area contributed by atoms with Crippen molar-refractivity contribution in [2.75, 3.05) is 0 Å². The SMILES string of the molecule is Cc1nn(C(C)C)c(-n2cccc2C#N)c1[N+](=O)[O-]. The molecular formula is C12H13N5O2. The van der Waals surface area contributed by atoms with E-state index < -0.39 is 4.92 Å². The molecule has 0 aliphatic rings. The first-order valence-corrected chi connectivity index (χ1v) is 5.78. The van der Waals surface area contributed by atoms with Crippen LogP contribution in [0.5, 0.6) is 0 Å². The highest BCUT2D eigenvalue weighted by molar-refractivity contribution is 5.53. The summed E-state index contributed by atoms with van der Waals surface area (Å²) in [4.78, 5) is 10.8. The maximum Gasteiger partial charge on any atom is 0.334 e. The molecule has 2 aromatic rings. The predicted molar refractivity (Wildman–Crippen MR) is 68.0 cm³/mol. The Kier molecular flexibility index (Phi) is 3.09. The summed E-state index contributed by atoms with van der Waals surface area (Å²) in [6.45, 7) is 5.36. The number of nitriles is 1. The molecule has 0 spiro atoms. The van der Waals surface area contributed by atoms with Gasteiger partial charge in [0.2, 0.25) is 5.82 Å². The van der Waals surface area contributed by atoms with Crippen LogP contribution in [-0.2, 0) is 0 Å². The molecule has 2 aromatic heterocycles. The molecule has 0 saturated heterocycles. The van der Waals surface area contributed by atoms with Gasteiger partial charge in [-0.25, -0.2) is 4.68 Å². The van der Waals surface area contributed by atoms with Crippen LogP contribution in [0.2, 0.25) is 0 Å². The second kappa shape index (κ2) is 4.57. The average Bonchev–Trinajstić information content (AvgIpc) is 2.91. The maximum absolute atomic E-state index is 11.2. The number of nitrogens with zero attached hydrogens (tertiary/aromatic N) is 5. The molecule has 0 atom stereocenters. The molecule has 0 bridgehead atoms. The van der Waals surface area contributed by atoms with Crippen molar-refractivity contribution in [2.45, 2.75) is 26.8 Å². The molecule has 98 valence electrons. The van der Waals surface area contributed by atoms with Crippen molar-refractivity contribution in [1.29, 1.82) is 5.26 Å². The molecule has 0 aliphatic heterocycles. The Morgan fingerprint density at radius 2 is 2.21 bits per heavy atom. The van der Waals surface area contributed by atoms with Crippen molar-refractivity contribution >= 4 is 5.69 Å². The topological polar surface area (TPSA) is 89.7 Å². The number of hydrogen-bond donors (Lipinski definition) is 0. The smallest absolute Gasteiger partial charge is 0.287 e. The van der Waals surface area contributed by atoms with Gasteiger partial charge in [-0.1, -0.05) is 0 Å². The Labute approximate surface area is 109 Å². The van der Waals surface area contributed by atoms with Gasteiger partial charge in [0.15, 0.2) is 0 Å². The van der Waals surface area contributed by atoms with E-state index in [1.807, 2.05) is 19.9 Å². The fourth-order valence-electron chi connectivity index (χ4n) is 1.98. The van der Waals surface area contributed by atoms with E-state index >= 15 is 0 Å². The molecule has 0 fully saturated rings. The van der Waals surface area contributed by atoms with Crippen LogP contribution in [-0.4, -0.2) is 19.3 Å². The molecular weight excluding hydrogens is 246 g/mol. The van der Waals surface area contributed by atoms with Crippen LogP contribution in [0.1, 0.15) is 31.3 Å². The molecule has 19 heavy (non-hydrogen) atoms. The third-order valence-electron chi connectivity index (χ3n) is 2.79. The molecule has 0 amide bonds. The van der Waals surface area contributed by atoms with Crippen LogP contribution in [0.25, 0.3) is 5.82 Å². The second-order valence-electron chi connectivity index (χ2n) is 4.43. The van der Waals surface area contributed by atoms with Gasteiger partial charge in [0.05, 0.1) is 4.92 Å². The van der Waals surface area contributed by atoms with E-state index in [-0.39, 0.29) is 11.7 Å². The molecule has 0 unspecified atom stereocenters. The molecule has 7 nitrogen and oxygen atoms in total. The molecule has 0 aliphatic carbocycles. The Hall–Kier alpha value is -2.62. The van der Waals surface area contributed by atoms with Crippen molar-refractivity contribution in [3.05, 3.63) is 39.8 Å². The van der Waals surface area contributed by atoms with Crippen LogP contribution >= 0.6 is 0 Å². The number of aryl methyl sites for hydroxylation is 1. The van der Waals surface area contributed by atoms with E-state index in [0.717, 1.165) is 0 Å². The highest BCUT2D eigenvalue weighted by atomic mass is 16.6. The minimum Gasteiger partial charge on any atom is -0.287 e. The first-order chi connectivity index (χ1) is 8.97. The van der Waals surface area contributed by atoms with Crippen LogP contribution in [0, 0.1) is 28.4 Å². The summed E-state index contributed by atoms with van der Waals surface area (Å²) in [6.07, 6.45) is 1.63. The third kappa shape index (κ3) is 1.97. The lowest BCUT2D eigenvalue weighted by Gasteiger charge is -2.11. The molecule has 0 saturated carbocycles. The van der Waals surface area contributed by atoms with Crippen LogP contribution in [0.4, 0.5) is 5.69 Å². The summed E-state index contributed by atoms with van der Waals surface area (Å²) in [5, 5.41) is 24.5. The monoisotopic (exact) mass is 259 g/mol. The zero-order valence-electron chi connectivity index (χ0n) is 10.9. The Balaban J connectivity index is 2.81. The summed E-state index contributed by atoms with van der Waals surface area (Å²) in [7, 11) is 0. The van der Waals surface area contributed by atoms with Gasteiger partial charge in [0.25, 0.3) is 0 Å². The molecule has 7 heteroatoms. The number of hydrogen-bond acceptors (Lipinski definition) is 4. The van der Waals surface area contributed by atoms with Gasteiger partial charge < -0.3 is 0 Å². The molecule has 2 rings (SSSR count). The van der Waals surface area contributed by atoms with Crippen molar-refractivity contribution in [1.82, 2.24) is 14.3 Å². The van der Waals surface area contributed by atoms with Crippen molar-refractivity contribution in [3.8, 4) is 11.9 Å². The standard InChI is InChI=1S/C12H13N5O2/c1-8(2)16-12(11(17(18)19)9(3)14-16)15-6-4-5-10(15)7-13/h4-6,8H,1-3H3. The molecule has 2 heterocycles. The lowest BCUT2D eigenvalue weighted by Crippen LogP contribution is -2.11. The Morgan fingerprint density at radius 1 is 1.53 bits per heavy atom. The zero-order chi connectivity index (χ0) is 14.2. The summed E-state index contributed by atoms with van der Waals surface area (Å²) >= 11 is 0. The lowest BCUT2D eigenvalue weighted by atomic mass is 10.3. The van der Waals surface area contributed by atoms with E-state index in [1.54, 1.807) is 29.9 Å². The highest BCUT2D eigenvalue weighted by Crippen LogP contribution is 2.30. The third-order valence-corrected chi connectivity index (χ3v) is 2.79. The Bertz CT molecular complexity index is 675. The average molecular weight is 259 g/mol. The second-order valence-corrected chi connectivity index (χ2v) is 4.43.